The van der Waals surface area contributed by atoms with Crippen LogP contribution in [0.1, 0.15) is 31.4 Å². The van der Waals surface area contributed by atoms with Crippen LogP contribution in [0, 0.1) is 0 Å². The van der Waals surface area contributed by atoms with Gasteiger partial charge in [-0.25, -0.2) is 0 Å². The summed E-state index contributed by atoms with van der Waals surface area (Å²) in [4.78, 5) is 2.67. The van der Waals surface area contributed by atoms with Crippen molar-refractivity contribution in [1.29, 1.82) is 0 Å². The van der Waals surface area contributed by atoms with Crippen LogP contribution in [0.4, 0.5) is 0 Å². The zero-order chi connectivity index (χ0) is 17.3. The molecule has 2 fully saturated rings. The minimum atomic E-state index is -0.0597. The van der Waals surface area contributed by atoms with Gasteiger partial charge in [-0.1, -0.05) is 12.1 Å². The molecule has 25 heavy (non-hydrogen) atoms. The molecule has 0 spiro atoms. The van der Waals surface area contributed by atoms with Crippen molar-refractivity contribution < 1.29 is 9.47 Å². The van der Waals surface area contributed by atoms with E-state index in [1.807, 2.05) is 0 Å². The highest BCUT2D eigenvalue weighted by molar-refractivity contribution is 7.99. The van der Waals surface area contributed by atoms with Crippen LogP contribution >= 0.6 is 11.8 Å². The maximum absolute atomic E-state index is 5.99. The molecule has 4 nitrogen and oxygen atoms in total. The van der Waals surface area contributed by atoms with Gasteiger partial charge in [0.2, 0.25) is 0 Å². The molecule has 1 aromatic rings. The Kier molecular flexibility index (Phi) is 5.02. The minimum absolute atomic E-state index is 0.0597. The highest BCUT2D eigenvalue weighted by Crippen LogP contribution is 2.36. The molecule has 1 N–H and O–H groups in total. The number of benzene rings is 1. The van der Waals surface area contributed by atoms with Crippen LogP contribution in [-0.2, 0) is 17.7 Å². The lowest BCUT2D eigenvalue weighted by molar-refractivity contribution is -0.0134. The number of rotatable bonds is 5. The molecule has 3 aliphatic rings. The van der Waals surface area contributed by atoms with Crippen molar-refractivity contribution in [2.45, 2.75) is 44.4 Å². The number of nitrogens with one attached hydrogen (secondary N) is 1. The number of ether oxygens (including phenoxy) is 2. The van der Waals surface area contributed by atoms with E-state index >= 15 is 0 Å². The Hall–Kier alpha value is -0.750. The lowest BCUT2D eigenvalue weighted by Crippen LogP contribution is -2.58. The minimum Gasteiger partial charge on any atom is -0.487 e. The van der Waals surface area contributed by atoms with Gasteiger partial charge in [0.05, 0.1) is 13.2 Å². The summed E-state index contributed by atoms with van der Waals surface area (Å²) in [7, 11) is 0. The van der Waals surface area contributed by atoms with Crippen molar-refractivity contribution >= 4 is 11.8 Å². The van der Waals surface area contributed by atoms with Crippen molar-refractivity contribution in [3.05, 3.63) is 29.3 Å². The SMILES string of the molecule is CC1(C)Cc2cc(CNCC3(N4CCOCC4)CCSC3)ccc2O1. The van der Waals surface area contributed by atoms with E-state index in [1.54, 1.807) is 0 Å². The van der Waals surface area contributed by atoms with Crippen molar-refractivity contribution in [3.63, 3.8) is 0 Å². The maximum atomic E-state index is 5.99. The molecule has 138 valence electrons. The van der Waals surface area contributed by atoms with E-state index in [-0.39, 0.29) is 5.60 Å². The highest BCUT2D eigenvalue weighted by atomic mass is 32.2. The molecule has 3 aliphatic heterocycles. The lowest BCUT2D eigenvalue weighted by Gasteiger charge is -2.43. The van der Waals surface area contributed by atoms with E-state index in [0.29, 0.717) is 5.54 Å². The standard InChI is InChI=1S/C20H30N2O2S/c1-19(2)12-17-11-16(3-4-18(17)24-19)13-21-14-20(5-10-25-15-20)22-6-8-23-9-7-22/h3-4,11,21H,5-10,12-15H2,1-2H3. The molecule has 0 aromatic heterocycles. The molecule has 0 aliphatic carbocycles. The number of thioether (sulfide) groups is 1. The molecule has 1 unspecified atom stereocenters. The fourth-order valence-corrected chi connectivity index (χ4v) is 5.82. The molecule has 1 aromatic carbocycles. The summed E-state index contributed by atoms with van der Waals surface area (Å²) < 4.78 is 11.5. The van der Waals surface area contributed by atoms with E-state index in [2.05, 4.69) is 54.0 Å². The third-order valence-corrected chi connectivity index (χ3v) is 6.91. The molecule has 0 saturated carbocycles. The second-order valence-electron chi connectivity index (χ2n) is 8.21. The normalized spacial score (nSPS) is 28.7. The van der Waals surface area contributed by atoms with E-state index < -0.39 is 0 Å². The van der Waals surface area contributed by atoms with Crippen LogP contribution in [0.5, 0.6) is 5.75 Å². The van der Waals surface area contributed by atoms with Gasteiger partial charge in [-0.3, -0.25) is 4.90 Å². The van der Waals surface area contributed by atoms with Gasteiger partial charge in [0.25, 0.3) is 0 Å². The molecule has 3 heterocycles. The molecular weight excluding hydrogens is 332 g/mol. The lowest BCUT2D eigenvalue weighted by atomic mass is 9.95. The zero-order valence-electron chi connectivity index (χ0n) is 15.5. The molecular formula is C20H30N2O2S. The van der Waals surface area contributed by atoms with E-state index in [0.717, 1.165) is 51.6 Å². The first kappa shape index (κ1) is 17.7. The van der Waals surface area contributed by atoms with E-state index in [9.17, 15) is 0 Å². The Morgan fingerprint density at radius 3 is 2.84 bits per heavy atom. The van der Waals surface area contributed by atoms with Gasteiger partial charge in [0.15, 0.2) is 0 Å². The van der Waals surface area contributed by atoms with Gasteiger partial charge in [-0.05, 0) is 43.2 Å². The third kappa shape index (κ3) is 3.85. The topological polar surface area (TPSA) is 33.7 Å². The zero-order valence-corrected chi connectivity index (χ0v) is 16.3. The average Bonchev–Trinajstić information content (AvgIpc) is 3.19. The van der Waals surface area contributed by atoms with Gasteiger partial charge in [-0.2, -0.15) is 11.8 Å². The summed E-state index contributed by atoms with van der Waals surface area (Å²) in [6.07, 6.45) is 2.29. The fraction of sp³-hybridized carbons (Fsp3) is 0.700. The number of hydrogen-bond acceptors (Lipinski definition) is 5. The first-order chi connectivity index (χ1) is 12.1. The molecule has 4 rings (SSSR count). The van der Waals surface area contributed by atoms with E-state index in [1.165, 1.54) is 29.1 Å². The second kappa shape index (κ2) is 7.10. The number of hydrogen-bond donors (Lipinski definition) is 1. The first-order valence-corrected chi connectivity index (χ1v) is 10.6. The Morgan fingerprint density at radius 1 is 1.24 bits per heavy atom. The Morgan fingerprint density at radius 2 is 2.08 bits per heavy atom. The predicted molar refractivity (Wildman–Crippen MR) is 104 cm³/mol. The quantitative estimate of drug-likeness (QED) is 0.871. The highest BCUT2D eigenvalue weighted by Gasteiger charge is 2.40. The van der Waals surface area contributed by atoms with Gasteiger partial charge >= 0.3 is 0 Å². The van der Waals surface area contributed by atoms with Crippen molar-refractivity contribution in [1.82, 2.24) is 10.2 Å². The fourth-order valence-electron chi connectivity index (χ4n) is 4.35. The Bertz CT molecular complexity index is 608. The Labute approximate surface area is 155 Å². The summed E-state index contributed by atoms with van der Waals surface area (Å²) >= 11 is 2.10. The van der Waals surface area contributed by atoms with Gasteiger partial charge in [0.1, 0.15) is 11.4 Å². The first-order valence-electron chi connectivity index (χ1n) is 9.49. The monoisotopic (exact) mass is 362 g/mol. The molecule has 5 heteroatoms. The maximum Gasteiger partial charge on any atom is 0.123 e. The van der Waals surface area contributed by atoms with E-state index in [4.69, 9.17) is 9.47 Å². The van der Waals surface area contributed by atoms with Gasteiger partial charge in [-0.15, -0.1) is 0 Å². The molecule has 2 saturated heterocycles. The average molecular weight is 363 g/mol. The Balaban J connectivity index is 1.37. The molecule has 1 atom stereocenters. The van der Waals surface area contributed by atoms with Gasteiger partial charge in [0, 0.05) is 43.9 Å². The summed E-state index contributed by atoms with van der Waals surface area (Å²) in [5, 5.41) is 3.76. The van der Waals surface area contributed by atoms with Crippen LogP contribution in [0.3, 0.4) is 0 Å². The summed E-state index contributed by atoms with van der Waals surface area (Å²) in [5.74, 6) is 3.59. The number of morpholine rings is 1. The summed E-state index contributed by atoms with van der Waals surface area (Å²) in [6, 6.07) is 6.67. The summed E-state index contributed by atoms with van der Waals surface area (Å²) in [5.41, 5.74) is 2.97. The van der Waals surface area contributed by atoms with Crippen molar-refractivity contribution in [3.8, 4) is 5.75 Å². The van der Waals surface area contributed by atoms with Crippen LogP contribution in [0.25, 0.3) is 0 Å². The summed E-state index contributed by atoms with van der Waals surface area (Å²) in [6.45, 7) is 10.2. The van der Waals surface area contributed by atoms with Crippen molar-refractivity contribution in [2.24, 2.45) is 0 Å². The predicted octanol–water partition coefficient (Wildman–Crippen LogP) is 2.70. The third-order valence-electron chi connectivity index (χ3n) is 5.67. The number of nitrogens with zero attached hydrogens (tertiary/aromatic N) is 1. The van der Waals surface area contributed by atoms with Crippen LogP contribution in [0.2, 0.25) is 0 Å². The van der Waals surface area contributed by atoms with Gasteiger partial charge < -0.3 is 14.8 Å². The smallest absolute Gasteiger partial charge is 0.123 e. The van der Waals surface area contributed by atoms with Crippen molar-refractivity contribution in [2.75, 3.05) is 44.4 Å². The molecule has 0 amide bonds. The van der Waals surface area contributed by atoms with Crippen LogP contribution in [0.15, 0.2) is 18.2 Å². The molecule has 0 bridgehead atoms. The van der Waals surface area contributed by atoms with Crippen LogP contribution < -0.4 is 10.1 Å². The number of fused-ring (bicyclic) bond motifs is 1. The molecule has 0 radical (unpaired) electrons. The second-order valence-corrected chi connectivity index (χ2v) is 9.32. The van der Waals surface area contributed by atoms with Crippen LogP contribution in [-0.4, -0.2) is 60.4 Å². The largest absolute Gasteiger partial charge is 0.487 e.